The van der Waals surface area contributed by atoms with Crippen LogP contribution >= 0.6 is 11.6 Å². The zero-order chi connectivity index (χ0) is 16.9. The number of furan rings is 1. The Morgan fingerprint density at radius 3 is 2.88 bits per heavy atom. The van der Waals surface area contributed by atoms with E-state index in [-0.39, 0.29) is 35.5 Å². The lowest BCUT2D eigenvalue weighted by molar-refractivity contribution is -0.120. The molecule has 0 saturated heterocycles. The van der Waals surface area contributed by atoms with E-state index < -0.39 is 5.82 Å². The minimum Gasteiger partial charge on any atom is -0.467 e. The van der Waals surface area contributed by atoms with Crippen LogP contribution in [0.25, 0.3) is 0 Å². The molecule has 3 aromatic rings. The Balaban J connectivity index is 1.68. The maximum atomic E-state index is 13.8. The van der Waals surface area contributed by atoms with Crippen molar-refractivity contribution in [3.05, 3.63) is 77.2 Å². The zero-order valence-corrected chi connectivity index (χ0v) is 13.4. The first-order valence-electron chi connectivity index (χ1n) is 7.37. The topological polar surface area (TPSA) is 60.1 Å². The molecule has 5 nitrogen and oxygen atoms in total. The van der Waals surface area contributed by atoms with E-state index in [4.69, 9.17) is 16.0 Å². The van der Waals surface area contributed by atoms with Crippen LogP contribution in [0, 0.1) is 5.82 Å². The minimum absolute atomic E-state index is 0.129. The smallest absolute Gasteiger partial charge is 0.224 e. The lowest BCUT2D eigenvalue weighted by Gasteiger charge is -2.16. The SMILES string of the molecule is O=C(Cc1c(F)cccc1Cl)NC[C@@H](c1ccco1)n1cccn1. The second-order valence-electron chi connectivity index (χ2n) is 5.20. The summed E-state index contributed by atoms with van der Waals surface area (Å²) in [6, 6.07) is 9.43. The van der Waals surface area contributed by atoms with Crippen LogP contribution in [0.4, 0.5) is 4.39 Å². The molecule has 0 unspecified atom stereocenters. The van der Waals surface area contributed by atoms with Gasteiger partial charge in [0.1, 0.15) is 17.6 Å². The number of nitrogens with one attached hydrogen (secondary N) is 1. The van der Waals surface area contributed by atoms with E-state index in [1.54, 1.807) is 41.5 Å². The molecule has 124 valence electrons. The standard InChI is InChI=1S/C17H15ClFN3O2/c18-13-4-1-5-14(19)12(13)10-17(23)20-11-15(16-6-2-9-24-16)22-8-3-7-21-22/h1-9,15H,10-11H2,(H,20,23)/t15-/m0/s1. The Kier molecular flexibility index (Phi) is 4.96. The third kappa shape index (κ3) is 3.65. The van der Waals surface area contributed by atoms with E-state index in [2.05, 4.69) is 10.4 Å². The minimum atomic E-state index is -0.493. The van der Waals surface area contributed by atoms with Crippen molar-refractivity contribution in [1.82, 2.24) is 15.1 Å². The van der Waals surface area contributed by atoms with E-state index in [1.165, 1.54) is 12.1 Å². The van der Waals surface area contributed by atoms with Crippen molar-refractivity contribution in [3.63, 3.8) is 0 Å². The fourth-order valence-corrected chi connectivity index (χ4v) is 2.63. The highest BCUT2D eigenvalue weighted by Gasteiger charge is 2.19. The fourth-order valence-electron chi connectivity index (χ4n) is 2.41. The molecule has 0 aliphatic rings. The molecular formula is C17H15ClFN3O2. The van der Waals surface area contributed by atoms with Crippen LogP contribution < -0.4 is 5.32 Å². The Morgan fingerprint density at radius 1 is 1.33 bits per heavy atom. The van der Waals surface area contributed by atoms with Crippen molar-refractivity contribution < 1.29 is 13.6 Å². The molecule has 1 N–H and O–H groups in total. The average Bonchev–Trinajstić information content (AvgIpc) is 3.25. The lowest BCUT2D eigenvalue weighted by Crippen LogP contribution is -2.32. The number of carbonyl (C=O) groups excluding carboxylic acids is 1. The van der Waals surface area contributed by atoms with Crippen LogP contribution in [0.5, 0.6) is 0 Å². The number of aromatic nitrogens is 2. The van der Waals surface area contributed by atoms with Crippen molar-refractivity contribution in [1.29, 1.82) is 0 Å². The lowest BCUT2D eigenvalue weighted by atomic mass is 10.1. The van der Waals surface area contributed by atoms with Gasteiger partial charge < -0.3 is 9.73 Å². The Labute approximate surface area is 143 Å². The molecule has 2 aromatic heterocycles. The molecule has 3 rings (SSSR count). The van der Waals surface area contributed by atoms with Crippen LogP contribution in [0.15, 0.2) is 59.5 Å². The van der Waals surface area contributed by atoms with E-state index in [9.17, 15) is 9.18 Å². The maximum absolute atomic E-state index is 13.8. The summed E-state index contributed by atoms with van der Waals surface area (Å²) in [5, 5.41) is 7.20. The van der Waals surface area contributed by atoms with Crippen LogP contribution in [-0.4, -0.2) is 22.2 Å². The van der Waals surface area contributed by atoms with E-state index in [0.717, 1.165) is 0 Å². The molecule has 1 amide bonds. The largest absolute Gasteiger partial charge is 0.467 e. The van der Waals surface area contributed by atoms with Gasteiger partial charge in [-0.1, -0.05) is 17.7 Å². The predicted octanol–water partition coefficient (Wildman–Crippen LogP) is 3.22. The Bertz CT molecular complexity index is 749. The first kappa shape index (κ1) is 16.3. The first-order chi connectivity index (χ1) is 11.6. The van der Waals surface area contributed by atoms with Gasteiger partial charge in [0.25, 0.3) is 0 Å². The second kappa shape index (κ2) is 7.31. The van der Waals surface area contributed by atoms with Gasteiger partial charge in [-0.3, -0.25) is 9.48 Å². The second-order valence-corrected chi connectivity index (χ2v) is 5.61. The highest BCUT2D eigenvalue weighted by atomic mass is 35.5. The monoisotopic (exact) mass is 347 g/mol. The highest BCUT2D eigenvalue weighted by molar-refractivity contribution is 6.31. The molecule has 7 heteroatoms. The van der Waals surface area contributed by atoms with Gasteiger partial charge in [0, 0.05) is 29.5 Å². The summed E-state index contributed by atoms with van der Waals surface area (Å²) in [6.45, 7) is 0.264. The predicted molar refractivity (Wildman–Crippen MR) is 87.2 cm³/mol. The molecule has 0 aliphatic heterocycles. The number of hydrogen-bond acceptors (Lipinski definition) is 3. The molecule has 1 atom stereocenters. The zero-order valence-electron chi connectivity index (χ0n) is 12.7. The molecule has 0 radical (unpaired) electrons. The molecule has 0 saturated carbocycles. The molecule has 0 aliphatic carbocycles. The molecule has 1 aromatic carbocycles. The van der Waals surface area contributed by atoms with Crippen molar-refractivity contribution in [2.24, 2.45) is 0 Å². The first-order valence-corrected chi connectivity index (χ1v) is 7.75. The van der Waals surface area contributed by atoms with Gasteiger partial charge in [-0.15, -0.1) is 0 Å². The molecular weight excluding hydrogens is 333 g/mol. The van der Waals surface area contributed by atoms with E-state index in [0.29, 0.717) is 5.76 Å². The number of carbonyl (C=O) groups is 1. The van der Waals surface area contributed by atoms with Crippen LogP contribution in [-0.2, 0) is 11.2 Å². The van der Waals surface area contributed by atoms with E-state index in [1.807, 2.05) is 6.07 Å². The van der Waals surface area contributed by atoms with Gasteiger partial charge in [0.15, 0.2) is 0 Å². The molecule has 2 heterocycles. The number of nitrogens with zero attached hydrogens (tertiary/aromatic N) is 2. The summed E-state index contributed by atoms with van der Waals surface area (Å²) in [4.78, 5) is 12.2. The third-order valence-electron chi connectivity index (χ3n) is 3.61. The van der Waals surface area contributed by atoms with Crippen molar-refractivity contribution in [2.75, 3.05) is 6.54 Å². The van der Waals surface area contributed by atoms with Crippen LogP contribution in [0.1, 0.15) is 17.4 Å². The van der Waals surface area contributed by atoms with Gasteiger partial charge in [-0.05, 0) is 30.3 Å². The van der Waals surface area contributed by atoms with Crippen molar-refractivity contribution >= 4 is 17.5 Å². The van der Waals surface area contributed by atoms with Gasteiger partial charge in [-0.25, -0.2) is 4.39 Å². The third-order valence-corrected chi connectivity index (χ3v) is 3.96. The number of amides is 1. The molecule has 0 fully saturated rings. The van der Waals surface area contributed by atoms with Crippen LogP contribution in [0.2, 0.25) is 5.02 Å². The van der Waals surface area contributed by atoms with Gasteiger partial charge in [0.2, 0.25) is 5.91 Å². The molecule has 24 heavy (non-hydrogen) atoms. The number of rotatable bonds is 6. The summed E-state index contributed by atoms with van der Waals surface area (Å²) in [5.41, 5.74) is 0.185. The maximum Gasteiger partial charge on any atom is 0.224 e. The van der Waals surface area contributed by atoms with E-state index >= 15 is 0 Å². The summed E-state index contributed by atoms with van der Waals surface area (Å²) in [7, 11) is 0. The van der Waals surface area contributed by atoms with Gasteiger partial charge in [-0.2, -0.15) is 5.10 Å². The Morgan fingerprint density at radius 2 is 2.21 bits per heavy atom. The van der Waals surface area contributed by atoms with Gasteiger partial charge in [0.05, 0.1) is 12.7 Å². The number of halogens is 2. The summed E-state index contributed by atoms with van der Waals surface area (Å²) >= 11 is 5.95. The molecule has 0 spiro atoms. The summed E-state index contributed by atoms with van der Waals surface area (Å²) < 4.78 is 20.9. The van der Waals surface area contributed by atoms with Crippen molar-refractivity contribution in [3.8, 4) is 0 Å². The quantitative estimate of drug-likeness (QED) is 0.744. The average molecular weight is 348 g/mol. The van der Waals surface area contributed by atoms with Crippen molar-refractivity contribution in [2.45, 2.75) is 12.5 Å². The molecule has 0 bridgehead atoms. The normalized spacial score (nSPS) is 12.1. The summed E-state index contributed by atoms with van der Waals surface area (Å²) in [6.07, 6.45) is 4.87. The van der Waals surface area contributed by atoms with Crippen LogP contribution in [0.3, 0.4) is 0 Å². The van der Waals surface area contributed by atoms with Gasteiger partial charge >= 0.3 is 0 Å². The summed E-state index contributed by atoms with van der Waals surface area (Å²) in [5.74, 6) is -0.152. The highest BCUT2D eigenvalue weighted by Crippen LogP contribution is 2.20. The number of benzene rings is 1. The Hall–Kier alpha value is -2.60. The number of hydrogen-bond donors (Lipinski definition) is 1. The fraction of sp³-hybridized carbons (Fsp3) is 0.176.